The Bertz CT molecular complexity index is 763. The van der Waals surface area contributed by atoms with Gasteiger partial charge in [-0.15, -0.1) is 0 Å². The minimum absolute atomic E-state index is 0.213. The van der Waals surface area contributed by atoms with E-state index < -0.39 is 0 Å². The molecule has 0 spiro atoms. The number of fused-ring (bicyclic) bond motifs is 1. The van der Waals surface area contributed by atoms with E-state index in [4.69, 9.17) is 0 Å². The van der Waals surface area contributed by atoms with Gasteiger partial charge in [0.2, 0.25) is 5.71 Å². The summed E-state index contributed by atoms with van der Waals surface area (Å²) in [4.78, 5) is 7.43. The summed E-state index contributed by atoms with van der Waals surface area (Å²) in [5, 5.41) is 13.3. The van der Waals surface area contributed by atoms with Gasteiger partial charge in [0.15, 0.2) is 5.82 Å². The van der Waals surface area contributed by atoms with Crippen LogP contribution in [0.4, 0.5) is 5.69 Å². The second-order valence-corrected chi connectivity index (χ2v) is 4.15. The number of hydrogen-bond acceptors (Lipinski definition) is 4. The Morgan fingerprint density at radius 2 is 1.85 bits per heavy atom. The Balaban J connectivity index is 1.91. The number of rotatable bonds is 3. The van der Waals surface area contributed by atoms with Crippen molar-refractivity contribution in [3.05, 3.63) is 60.4 Å². The molecule has 0 unspecified atom stereocenters. The molecule has 20 heavy (non-hydrogen) atoms. The van der Waals surface area contributed by atoms with Gasteiger partial charge < -0.3 is 4.98 Å². The zero-order chi connectivity index (χ0) is 13.8. The maximum absolute atomic E-state index is 9.20. The second-order valence-electron chi connectivity index (χ2n) is 4.15. The van der Waals surface area contributed by atoms with Gasteiger partial charge in [-0.25, -0.2) is 4.98 Å². The molecule has 2 N–H and O–H groups in total. The monoisotopic (exact) mass is 261 g/mol. The minimum Gasteiger partial charge on any atom is -0.336 e. The summed E-state index contributed by atoms with van der Waals surface area (Å²) in [7, 11) is 0. The molecule has 0 saturated carbocycles. The number of imidazole rings is 1. The normalized spacial score (nSPS) is 11.2. The molecule has 0 saturated heterocycles. The fourth-order valence-electron chi connectivity index (χ4n) is 1.83. The number of benzene rings is 2. The molecule has 0 aliphatic carbocycles. The van der Waals surface area contributed by atoms with E-state index in [1.165, 1.54) is 0 Å². The van der Waals surface area contributed by atoms with Gasteiger partial charge >= 0.3 is 0 Å². The maximum atomic E-state index is 9.20. The van der Waals surface area contributed by atoms with E-state index in [1.54, 1.807) is 0 Å². The first-order valence-electron chi connectivity index (χ1n) is 6.11. The third-order valence-electron chi connectivity index (χ3n) is 2.79. The summed E-state index contributed by atoms with van der Waals surface area (Å²) < 4.78 is 0. The fraction of sp³-hybridized carbons (Fsp3) is 0. The molecule has 0 aliphatic rings. The summed E-state index contributed by atoms with van der Waals surface area (Å²) in [5.74, 6) is 0.456. The van der Waals surface area contributed by atoms with Crippen LogP contribution in [0.1, 0.15) is 5.82 Å². The zero-order valence-corrected chi connectivity index (χ0v) is 10.5. The molecule has 1 aromatic heterocycles. The average molecular weight is 261 g/mol. The Morgan fingerprint density at radius 3 is 2.60 bits per heavy atom. The molecule has 96 valence electrons. The van der Waals surface area contributed by atoms with E-state index in [9.17, 15) is 5.26 Å². The third-order valence-corrected chi connectivity index (χ3v) is 2.79. The van der Waals surface area contributed by atoms with Crippen LogP contribution in [0.2, 0.25) is 0 Å². The Morgan fingerprint density at radius 1 is 1.10 bits per heavy atom. The number of aromatic amines is 1. The van der Waals surface area contributed by atoms with E-state index in [2.05, 4.69) is 20.5 Å². The van der Waals surface area contributed by atoms with Crippen LogP contribution in [0.3, 0.4) is 0 Å². The number of para-hydroxylation sites is 3. The molecule has 5 heteroatoms. The molecular formula is C15H11N5. The molecule has 1 heterocycles. The summed E-state index contributed by atoms with van der Waals surface area (Å²) in [6, 6.07) is 19.1. The first-order chi connectivity index (χ1) is 9.86. The number of nitrogens with zero attached hydrogens (tertiary/aromatic N) is 3. The highest BCUT2D eigenvalue weighted by molar-refractivity contribution is 6.10. The summed E-state index contributed by atoms with van der Waals surface area (Å²) >= 11 is 0. The Hall–Kier alpha value is -3.13. The summed E-state index contributed by atoms with van der Waals surface area (Å²) in [6.45, 7) is 0. The van der Waals surface area contributed by atoms with E-state index in [0.29, 0.717) is 5.82 Å². The lowest BCUT2D eigenvalue weighted by Crippen LogP contribution is -2.03. The molecule has 3 aromatic rings. The van der Waals surface area contributed by atoms with E-state index in [1.807, 2.05) is 60.7 Å². The van der Waals surface area contributed by atoms with Gasteiger partial charge in [-0.1, -0.05) is 30.3 Å². The predicted octanol–water partition coefficient (Wildman–Crippen LogP) is 2.90. The van der Waals surface area contributed by atoms with E-state index >= 15 is 0 Å². The highest BCUT2D eigenvalue weighted by Gasteiger charge is 2.08. The van der Waals surface area contributed by atoms with Crippen LogP contribution in [0.15, 0.2) is 59.7 Å². The van der Waals surface area contributed by atoms with Crippen LogP contribution in [0.25, 0.3) is 11.0 Å². The number of anilines is 1. The van der Waals surface area contributed by atoms with Crippen LogP contribution < -0.4 is 5.43 Å². The SMILES string of the molecule is N#CC(=NNc1ccccc1)c1nc2ccccc2[nH]1. The van der Waals surface area contributed by atoms with Gasteiger partial charge in [-0.05, 0) is 24.3 Å². The topological polar surface area (TPSA) is 76.9 Å². The van der Waals surface area contributed by atoms with Crippen molar-refractivity contribution in [1.29, 1.82) is 5.26 Å². The standard InChI is InChI=1S/C15H11N5/c16-10-14(20-19-11-6-2-1-3-7-11)15-17-12-8-4-5-9-13(12)18-15/h1-9,19H,(H,17,18). The number of hydrogen-bond donors (Lipinski definition) is 2. The van der Waals surface area contributed by atoms with Gasteiger partial charge in [0.05, 0.1) is 16.7 Å². The molecule has 0 atom stereocenters. The maximum Gasteiger partial charge on any atom is 0.203 e. The molecule has 0 aliphatic heterocycles. The molecule has 3 rings (SSSR count). The van der Waals surface area contributed by atoms with Crippen molar-refractivity contribution in [3.63, 3.8) is 0 Å². The van der Waals surface area contributed by atoms with Gasteiger partial charge in [-0.2, -0.15) is 10.4 Å². The zero-order valence-electron chi connectivity index (χ0n) is 10.5. The lowest BCUT2D eigenvalue weighted by Gasteiger charge is -1.99. The van der Waals surface area contributed by atoms with Gasteiger partial charge in [0.25, 0.3) is 0 Å². The van der Waals surface area contributed by atoms with Crippen molar-refractivity contribution in [2.24, 2.45) is 5.10 Å². The van der Waals surface area contributed by atoms with Crippen molar-refractivity contribution >= 4 is 22.4 Å². The first kappa shape index (κ1) is 11.9. The number of nitriles is 1. The lowest BCUT2D eigenvalue weighted by molar-refractivity contribution is 1.25. The van der Waals surface area contributed by atoms with Gasteiger partial charge in [0.1, 0.15) is 6.07 Å². The first-order valence-corrected chi connectivity index (χ1v) is 6.11. The molecule has 0 radical (unpaired) electrons. The summed E-state index contributed by atoms with van der Waals surface area (Å²) in [6.07, 6.45) is 0. The average Bonchev–Trinajstić information content (AvgIpc) is 2.92. The second kappa shape index (κ2) is 5.24. The smallest absolute Gasteiger partial charge is 0.203 e. The van der Waals surface area contributed by atoms with Crippen LogP contribution in [-0.4, -0.2) is 15.7 Å². The Kier molecular flexibility index (Phi) is 3.13. The van der Waals surface area contributed by atoms with E-state index in [0.717, 1.165) is 16.7 Å². The van der Waals surface area contributed by atoms with Crippen molar-refractivity contribution in [3.8, 4) is 6.07 Å². The quantitative estimate of drug-likeness (QED) is 0.562. The van der Waals surface area contributed by atoms with Gasteiger partial charge in [-0.3, -0.25) is 5.43 Å². The fourth-order valence-corrected chi connectivity index (χ4v) is 1.83. The molecule has 0 fully saturated rings. The highest BCUT2D eigenvalue weighted by Crippen LogP contribution is 2.11. The van der Waals surface area contributed by atoms with Crippen molar-refractivity contribution in [2.75, 3.05) is 5.43 Å². The van der Waals surface area contributed by atoms with Crippen LogP contribution in [-0.2, 0) is 0 Å². The van der Waals surface area contributed by atoms with Crippen molar-refractivity contribution < 1.29 is 0 Å². The molecule has 2 aromatic carbocycles. The van der Waals surface area contributed by atoms with Crippen LogP contribution in [0.5, 0.6) is 0 Å². The predicted molar refractivity (Wildman–Crippen MR) is 78.3 cm³/mol. The minimum atomic E-state index is 0.213. The molecule has 0 bridgehead atoms. The molecule has 0 amide bonds. The Labute approximate surface area is 115 Å². The van der Waals surface area contributed by atoms with E-state index in [-0.39, 0.29) is 5.71 Å². The van der Waals surface area contributed by atoms with Gasteiger partial charge in [0, 0.05) is 0 Å². The van der Waals surface area contributed by atoms with Crippen molar-refractivity contribution in [1.82, 2.24) is 9.97 Å². The number of nitrogens with one attached hydrogen (secondary N) is 2. The number of aromatic nitrogens is 2. The van der Waals surface area contributed by atoms with Crippen molar-refractivity contribution in [2.45, 2.75) is 0 Å². The molecule has 5 nitrogen and oxygen atoms in total. The van der Waals surface area contributed by atoms with Crippen LogP contribution in [0, 0.1) is 11.3 Å². The highest BCUT2D eigenvalue weighted by atomic mass is 15.3. The van der Waals surface area contributed by atoms with Crippen LogP contribution >= 0.6 is 0 Å². The molecular weight excluding hydrogens is 250 g/mol. The number of hydrazone groups is 1. The third kappa shape index (κ3) is 2.35. The largest absolute Gasteiger partial charge is 0.336 e. The lowest BCUT2D eigenvalue weighted by atomic mass is 10.3. The number of H-pyrrole nitrogens is 1. The summed E-state index contributed by atoms with van der Waals surface area (Å²) in [5.41, 5.74) is 5.56.